The summed E-state index contributed by atoms with van der Waals surface area (Å²) >= 11 is 0. The summed E-state index contributed by atoms with van der Waals surface area (Å²) in [6.45, 7) is 2.23. The highest BCUT2D eigenvalue weighted by Crippen LogP contribution is 2.29. The van der Waals surface area contributed by atoms with Gasteiger partial charge in [-0.1, -0.05) is 0 Å². The fourth-order valence-corrected chi connectivity index (χ4v) is 2.11. The van der Waals surface area contributed by atoms with E-state index < -0.39 is 4.92 Å². The molecule has 0 bridgehead atoms. The number of non-ortho nitro benzene ring substituents is 1. The van der Waals surface area contributed by atoms with E-state index in [-0.39, 0.29) is 17.5 Å². The molecule has 0 spiro atoms. The first-order chi connectivity index (χ1) is 8.52. The lowest BCUT2D eigenvalue weighted by Crippen LogP contribution is -2.25. The van der Waals surface area contributed by atoms with Crippen LogP contribution in [0.25, 0.3) is 0 Å². The van der Waals surface area contributed by atoms with Gasteiger partial charge in [0.25, 0.3) is 5.69 Å². The van der Waals surface area contributed by atoms with Crippen LogP contribution in [0.4, 0.5) is 11.4 Å². The number of rotatable bonds is 2. The maximum absolute atomic E-state index is 11.8. The maximum atomic E-state index is 11.8. The number of nitro groups is 1. The van der Waals surface area contributed by atoms with Crippen LogP contribution >= 0.6 is 0 Å². The lowest BCUT2D eigenvalue weighted by atomic mass is 10.1. The van der Waals surface area contributed by atoms with E-state index in [0.29, 0.717) is 24.2 Å². The lowest BCUT2D eigenvalue weighted by molar-refractivity contribution is -0.384. The largest absolute Gasteiger partial charge is 0.311 e. The third kappa shape index (κ3) is 2.05. The van der Waals surface area contributed by atoms with Crippen molar-refractivity contribution in [2.24, 2.45) is 5.92 Å². The maximum Gasteiger partial charge on any atom is 0.269 e. The number of amides is 1. The van der Waals surface area contributed by atoms with Crippen LogP contribution in [0.15, 0.2) is 18.2 Å². The number of carbonyl (C=O) groups is 1. The number of aryl methyl sites for hydroxylation is 1. The number of nitrogens with zero attached hydrogens (tertiary/aromatic N) is 2. The highest BCUT2D eigenvalue weighted by atomic mass is 16.6. The van der Waals surface area contributed by atoms with Gasteiger partial charge in [-0.05, 0) is 18.6 Å². The summed E-state index contributed by atoms with van der Waals surface area (Å²) < 4.78 is 0. The van der Waals surface area contributed by atoms with Crippen molar-refractivity contribution in [2.45, 2.75) is 13.3 Å². The molecule has 0 aliphatic carbocycles. The van der Waals surface area contributed by atoms with Crippen molar-refractivity contribution in [2.75, 3.05) is 11.4 Å². The normalized spacial score (nSPS) is 18.8. The Hall–Kier alpha value is -2.35. The number of hydrogen-bond donors (Lipinski definition) is 0. The quantitative estimate of drug-likeness (QED) is 0.453. The van der Waals surface area contributed by atoms with Gasteiger partial charge in [-0.3, -0.25) is 14.9 Å². The molecule has 5 nitrogen and oxygen atoms in total. The number of hydrogen-bond acceptors (Lipinski definition) is 3. The van der Waals surface area contributed by atoms with Crippen LogP contribution in [0, 0.1) is 35.3 Å². The molecule has 1 fully saturated rings. The van der Waals surface area contributed by atoms with Crippen molar-refractivity contribution < 1.29 is 9.72 Å². The molecular weight excluding hydrogens is 232 g/mol. The summed E-state index contributed by atoms with van der Waals surface area (Å²) in [5.41, 5.74) is 1.43. The highest BCUT2D eigenvalue weighted by molar-refractivity contribution is 5.96. The number of nitro benzene ring substituents is 1. The van der Waals surface area contributed by atoms with Gasteiger partial charge in [0.1, 0.15) is 0 Å². The fraction of sp³-hybridized carbons (Fsp3) is 0.308. The van der Waals surface area contributed by atoms with Crippen LogP contribution in [-0.2, 0) is 4.79 Å². The van der Waals surface area contributed by atoms with Gasteiger partial charge in [0, 0.05) is 36.7 Å². The van der Waals surface area contributed by atoms with E-state index in [1.807, 2.05) is 0 Å². The Morgan fingerprint density at radius 2 is 2.28 bits per heavy atom. The van der Waals surface area contributed by atoms with E-state index in [2.05, 4.69) is 5.92 Å². The van der Waals surface area contributed by atoms with Crippen LogP contribution in [0.5, 0.6) is 0 Å². The van der Waals surface area contributed by atoms with E-state index in [1.54, 1.807) is 17.9 Å². The zero-order valence-corrected chi connectivity index (χ0v) is 9.92. The number of benzene rings is 1. The summed E-state index contributed by atoms with van der Waals surface area (Å²) in [6, 6.07) is 4.47. The van der Waals surface area contributed by atoms with Crippen molar-refractivity contribution >= 4 is 17.3 Å². The molecule has 5 heteroatoms. The molecule has 1 unspecified atom stereocenters. The van der Waals surface area contributed by atoms with Crippen molar-refractivity contribution in [3.8, 4) is 12.3 Å². The Morgan fingerprint density at radius 3 is 2.78 bits per heavy atom. The van der Waals surface area contributed by atoms with E-state index >= 15 is 0 Å². The second-order valence-corrected chi connectivity index (χ2v) is 4.30. The van der Waals surface area contributed by atoms with E-state index in [0.717, 1.165) is 0 Å². The van der Waals surface area contributed by atoms with Gasteiger partial charge in [0.05, 0.1) is 4.92 Å². The standard InChI is InChI=1S/C13H12N2O3/c1-3-10-7-13(16)14(8-10)12-5-4-11(15(17)18)6-9(12)2/h1,4-6,10H,7-8H2,2H3. The fourth-order valence-electron chi connectivity index (χ4n) is 2.11. The van der Waals surface area contributed by atoms with Gasteiger partial charge in [-0.2, -0.15) is 0 Å². The van der Waals surface area contributed by atoms with Crippen molar-refractivity contribution in [1.29, 1.82) is 0 Å². The molecule has 0 aromatic heterocycles. The second-order valence-electron chi connectivity index (χ2n) is 4.30. The number of terminal acetylenes is 1. The molecule has 1 atom stereocenters. The zero-order valence-electron chi connectivity index (χ0n) is 9.92. The third-order valence-corrected chi connectivity index (χ3v) is 3.04. The number of carbonyl (C=O) groups excluding carboxylic acids is 1. The van der Waals surface area contributed by atoms with Crippen molar-refractivity contribution in [3.63, 3.8) is 0 Å². The van der Waals surface area contributed by atoms with Gasteiger partial charge in [-0.25, -0.2) is 0 Å². The van der Waals surface area contributed by atoms with Crippen LogP contribution in [0.2, 0.25) is 0 Å². The predicted molar refractivity (Wildman–Crippen MR) is 67.1 cm³/mol. The number of anilines is 1. The average molecular weight is 244 g/mol. The minimum absolute atomic E-state index is 0.0244. The predicted octanol–water partition coefficient (Wildman–Crippen LogP) is 1.89. The van der Waals surface area contributed by atoms with E-state index in [4.69, 9.17) is 6.42 Å². The first-order valence-corrected chi connectivity index (χ1v) is 5.54. The van der Waals surface area contributed by atoms with E-state index in [9.17, 15) is 14.9 Å². The molecule has 2 rings (SSSR count). The van der Waals surface area contributed by atoms with Crippen LogP contribution in [0.1, 0.15) is 12.0 Å². The third-order valence-electron chi connectivity index (χ3n) is 3.04. The van der Waals surface area contributed by atoms with Gasteiger partial charge >= 0.3 is 0 Å². The average Bonchev–Trinajstić information content (AvgIpc) is 2.70. The molecule has 1 amide bonds. The topological polar surface area (TPSA) is 63.5 Å². The molecule has 18 heavy (non-hydrogen) atoms. The van der Waals surface area contributed by atoms with Crippen LogP contribution < -0.4 is 4.90 Å². The Kier molecular flexibility index (Phi) is 3.02. The Bertz CT molecular complexity index is 560. The molecule has 0 saturated carbocycles. The van der Waals surface area contributed by atoms with Crippen molar-refractivity contribution in [1.82, 2.24) is 0 Å². The van der Waals surface area contributed by atoms with Gasteiger partial charge in [-0.15, -0.1) is 12.3 Å². The molecule has 1 aliphatic rings. The Balaban J connectivity index is 2.33. The first kappa shape index (κ1) is 12.1. The molecule has 0 radical (unpaired) electrons. The highest BCUT2D eigenvalue weighted by Gasteiger charge is 2.30. The first-order valence-electron chi connectivity index (χ1n) is 5.54. The summed E-state index contributed by atoms with van der Waals surface area (Å²) in [5, 5.41) is 10.6. The SMILES string of the molecule is C#CC1CC(=O)N(c2ccc([N+](=O)[O-])cc2C)C1. The summed E-state index contributed by atoms with van der Waals surface area (Å²) in [4.78, 5) is 23.6. The second kappa shape index (κ2) is 4.49. The van der Waals surface area contributed by atoms with Gasteiger partial charge in [0.15, 0.2) is 0 Å². The molecule has 1 saturated heterocycles. The van der Waals surface area contributed by atoms with Crippen LogP contribution in [-0.4, -0.2) is 17.4 Å². The molecule has 92 valence electrons. The molecule has 1 aromatic rings. The van der Waals surface area contributed by atoms with E-state index in [1.165, 1.54) is 12.1 Å². The summed E-state index contributed by atoms with van der Waals surface area (Å²) in [5.74, 6) is 2.46. The Labute approximate surface area is 105 Å². The van der Waals surface area contributed by atoms with Gasteiger partial charge < -0.3 is 4.90 Å². The van der Waals surface area contributed by atoms with Crippen molar-refractivity contribution in [3.05, 3.63) is 33.9 Å². The minimum atomic E-state index is -0.452. The lowest BCUT2D eigenvalue weighted by Gasteiger charge is -2.18. The summed E-state index contributed by atoms with van der Waals surface area (Å²) in [7, 11) is 0. The molecule has 1 heterocycles. The molecular formula is C13H12N2O3. The van der Waals surface area contributed by atoms with Gasteiger partial charge in [0.2, 0.25) is 5.91 Å². The smallest absolute Gasteiger partial charge is 0.269 e. The summed E-state index contributed by atoms with van der Waals surface area (Å²) in [6.07, 6.45) is 5.66. The molecule has 0 N–H and O–H groups in total. The zero-order chi connectivity index (χ0) is 13.3. The molecule has 1 aliphatic heterocycles. The minimum Gasteiger partial charge on any atom is -0.311 e. The molecule has 1 aromatic carbocycles. The monoisotopic (exact) mass is 244 g/mol. The Morgan fingerprint density at radius 1 is 1.56 bits per heavy atom. The van der Waals surface area contributed by atoms with Crippen LogP contribution in [0.3, 0.4) is 0 Å².